The smallest absolute Gasteiger partial charge is 0.405 e. The van der Waals surface area contributed by atoms with Crippen LogP contribution in [-0.2, 0) is 4.79 Å². The maximum Gasteiger partial charge on any atom is 0.405 e. The second-order valence-electron chi connectivity index (χ2n) is 2.25. The van der Waals surface area contributed by atoms with Crippen molar-refractivity contribution in [3.05, 3.63) is 0 Å². The number of hydrogen-bond donors (Lipinski definition) is 3. The van der Waals surface area contributed by atoms with E-state index in [2.05, 4.69) is 0 Å². The molecule has 6 nitrogen and oxygen atoms in total. The van der Waals surface area contributed by atoms with Gasteiger partial charge in [-0.25, -0.2) is 9.86 Å². The number of amides is 2. The Morgan fingerprint density at radius 2 is 2.36 bits per heavy atom. The van der Waals surface area contributed by atoms with Crippen molar-refractivity contribution >= 4 is 12.0 Å². The minimum atomic E-state index is -1.25. The average Bonchev–Trinajstić information content (AvgIpc) is 2.18. The summed E-state index contributed by atoms with van der Waals surface area (Å²) in [6.07, 6.45) is -0.930. The third kappa shape index (κ3) is 1.58. The second kappa shape index (κ2) is 2.75. The van der Waals surface area contributed by atoms with Crippen LogP contribution in [0.15, 0.2) is 0 Å². The molecule has 0 aromatic rings. The number of hydrogen-bond acceptors (Lipinski definition) is 3. The molecule has 1 aliphatic heterocycles. The molecule has 1 atom stereocenters. The molecule has 1 saturated heterocycles. The summed E-state index contributed by atoms with van der Waals surface area (Å²) in [5, 5.41) is 19.4. The first kappa shape index (κ1) is 7.80. The Labute approximate surface area is 62.4 Å². The number of rotatable bonds is 1. The van der Waals surface area contributed by atoms with Gasteiger partial charge in [0, 0.05) is 0 Å². The van der Waals surface area contributed by atoms with Gasteiger partial charge in [-0.1, -0.05) is 0 Å². The van der Waals surface area contributed by atoms with E-state index in [9.17, 15) is 9.59 Å². The highest BCUT2D eigenvalue weighted by atomic mass is 16.5. The molecule has 2 amide bonds. The molecule has 0 radical (unpaired) electrons. The largest absolute Gasteiger partial charge is 0.465 e. The molecular formula is C5H8N2O4. The van der Waals surface area contributed by atoms with Crippen molar-refractivity contribution in [2.24, 2.45) is 0 Å². The van der Waals surface area contributed by atoms with Crippen LogP contribution in [0.4, 0.5) is 4.79 Å². The van der Waals surface area contributed by atoms with Crippen LogP contribution in [0, 0.1) is 0 Å². The lowest BCUT2D eigenvalue weighted by Crippen LogP contribution is -2.39. The number of carbonyl (C=O) groups is 2. The van der Waals surface area contributed by atoms with Crippen molar-refractivity contribution in [2.45, 2.75) is 12.5 Å². The van der Waals surface area contributed by atoms with E-state index in [1.807, 2.05) is 5.32 Å². The monoisotopic (exact) mass is 160 g/mol. The third-order valence-electron chi connectivity index (χ3n) is 1.48. The zero-order valence-corrected chi connectivity index (χ0v) is 5.65. The van der Waals surface area contributed by atoms with Crippen molar-refractivity contribution in [3.8, 4) is 0 Å². The van der Waals surface area contributed by atoms with E-state index in [1.165, 1.54) is 0 Å². The van der Waals surface area contributed by atoms with Crippen LogP contribution < -0.4 is 5.32 Å². The molecule has 0 saturated carbocycles. The zero-order valence-electron chi connectivity index (χ0n) is 5.65. The van der Waals surface area contributed by atoms with Gasteiger partial charge in [-0.3, -0.25) is 10.0 Å². The topological polar surface area (TPSA) is 89.9 Å². The first-order valence-electron chi connectivity index (χ1n) is 3.11. The van der Waals surface area contributed by atoms with E-state index in [-0.39, 0.29) is 6.54 Å². The fourth-order valence-corrected chi connectivity index (χ4v) is 0.948. The molecule has 0 bridgehead atoms. The summed E-state index contributed by atoms with van der Waals surface area (Å²) in [7, 11) is 0. The molecule has 1 rings (SSSR count). The van der Waals surface area contributed by atoms with E-state index < -0.39 is 18.0 Å². The van der Waals surface area contributed by atoms with Crippen molar-refractivity contribution < 1.29 is 19.9 Å². The molecule has 0 spiro atoms. The summed E-state index contributed by atoms with van der Waals surface area (Å²) >= 11 is 0. The first-order chi connectivity index (χ1) is 5.11. The fraction of sp³-hybridized carbons (Fsp3) is 0.600. The first-order valence-corrected chi connectivity index (χ1v) is 3.11. The Morgan fingerprint density at radius 1 is 1.73 bits per heavy atom. The van der Waals surface area contributed by atoms with Gasteiger partial charge in [0.25, 0.3) is 5.91 Å². The predicted octanol–water partition coefficient (Wildman–Crippen LogP) is -0.756. The van der Waals surface area contributed by atoms with Crippen molar-refractivity contribution in [1.29, 1.82) is 0 Å². The molecule has 6 heteroatoms. The lowest BCUT2D eigenvalue weighted by Gasteiger charge is -2.07. The molecule has 0 aliphatic carbocycles. The third-order valence-corrected chi connectivity index (χ3v) is 1.48. The standard InChI is InChI=1S/C5H8N2O4/c8-4-3(6-5(9)10)1-2-7(4)11/h3,6,11H,1-2H2,(H,9,10)/t3-/m0/s1. The number of carboxylic acid groups (broad SMARTS) is 1. The molecule has 0 unspecified atom stereocenters. The highest BCUT2D eigenvalue weighted by Crippen LogP contribution is 2.07. The van der Waals surface area contributed by atoms with Crippen molar-refractivity contribution in [3.63, 3.8) is 0 Å². The summed E-state index contributed by atoms with van der Waals surface area (Å²) in [4.78, 5) is 20.8. The van der Waals surface area contributed by atoms with Crippen LogP contribution >= 0.6 is 0 Å². The molecule has 3 N–H and O–H groups in total. The normalized spacial score (nSPS) is 23.9. The minimum absolute atomic E-state index is 0.184. The maximum atomic E-state index is 10.8. The SMILES string of the molecule is O=C(O)N[C@H]1CCN(O)C1=O. The molecule has 1 fully saturated rings. The van der Waals surface area contributed by atoms with Gasteiger partial charge in [-0.15, -0.1) is 0 Å². The number of hydroxylamine groups is 2. The Morgan fingerprint density at radius 3 is 2.73 bits per heavy atom. The number of carbonyl (C=O) groups excluding carboxylic acids is 1. The average molecular weight is 160 g/mol. The van der Waals surface area contributed by atoms with Crippen LogP contribution in [0.1, 0.15) is 6.42 Å². The van der Waals surface area contributed by atoms with Crippen LogP contribution in [-0.4, -0.2) is 40.0 Å². The van der Waals surface area contributed by atoms with Crippen molar-refractivity contribution in [1.82, 2.24) is 10.4 Å². The van der Waals surface area contributed by atoms with Gasteiger partial charge in [0.05, 0.1) is 6.54 Å². The number of nitrogens with one attached hydrogen (secondary N) is 1. The van der Waals surface area contributed by atoms with E-state index in [1.54, 1.807) is 0 Å². The van der Waals surface area contributed by atoms with Crippen LogP contribution in [0.5, 0.6) is 0 Å². The highest BCUT2D eigenvalue weighted by Gasteiger charge is 2.31. The minimum Gasteiger partial charge on any atom is -0.465 e. The van der Waals surface area contributed by atoms with Gasteiger partial charge in [0.15, 0.2) is 0 Å². The Balaban J connectivity index is 2.49. The van der Waals surface area contributed by atoms with Gasteiger partial charge in [-0.05, 0) is 6.42 Å². The van der Waals surface area contributed by atoms with E-state index in [4.69, 9.17) is 10.3 Å². The van der Waals surface area contributed by atoms with Gasteiger partial charge in [0.2, 0.25) is 0 Å². The predicted molar refractivity (Wildman–Crippen MR) is 33.1 cm³/mol. The highest BCUT2D eigenvalue weighted by molar-refractivity contribution is 5.86. The summed E-state index contributed by atoms with van der Waals surface area (Å²) in [6, 6.07) is -0.780. The second-order valence-corrected chi connectivity index (χ2v) is 2.25. The Kier molecular flexibility index (Phi) is 1.95. The Bertz CT molecular complexity index is 193. The molecular weight excluding hydrogens is 152 g/mol. The van der Waals surface area contributed by atoms with Gasteiger partial charge in [-0.2, -0.15) is 0 Å². The molecule has 1 heterocycles. The summed E-state index contributed by atoms with van der Waals surface area (Å²) < 4.78 is 0. The summed E-state index contributed by atoms with van der Waals surface area (Å²) in [5.74, 6) is -0.590. The Hall–Kier alpha value is -1.30. The van der Waals surface area contributed by atoms with Crippen LogP contribution in [0.3, 0.4) is 0 Å². The van der Waals surface area contributed by atoms with Gasteiger partial charge >= 0.3 is 6.09 Å². The molecule has 11 heavy (non-hydrogen) atoms. The lowest BCUT2D eigenvalue weighted by atomic mass is 10.2. The van der Waals surface area contributed by atoms with E-state index >= 15 is 0 Å². The molecule has 0 aromatic heterocycles. The van der Waals surface area contributed by atoms with Gasteiger partial charge < -0.3 is 10.4 Å². The van der Waals surface area contributed by atoms with Crippen LogP contribution in [0.2, 0.25) is 0 Å². The summed E-state index contributed by atoms with van der Waals surface area (Å²) in [5.41, 5.74) is 0. The van der Waals surface area contributed by atoms with E-state index in [0.29, 0.717) is 11.5 Å². The van der Waals surface area contributed by atoms with Crippen LogP contribution in [0.25, 0.3) is 0 Å². The molecule has 1 aliphatic rings. The maximum absolute atomic E-state index is 10.8. The van der Waals surface area contributed by atoms with E-state index in [0.717, 1.165) is 0 Å². The summed E-state index contributed by atoms with van der Waals surface area (Å²) in [6.45, 7) is 0.184. The number of nitrogens with zero attached hydrogens (tertiary/aromatic N) is 1. The molecule has 62 valence electrons. The van der Waals surface area contributed by atoms with Crippen molar-refractivity contribution in [2.75, 3.05) is 6.54 Å². The fourth-order valence-electron chi connectivity index (χ4n) is 0.948. The lowest BCUT2D eigenvalue weighted by molar-refractivity contribution is -0.158. The zero-order chi connectivity index (χ0) is 8.43. The quantitative estimate of drug-likeness (QED) is 0.440. The molecule has 0 aromatic carbocycles. The van der Waals surface area contributed by atoms with Gasteiger partial charge in [0.1, 0.15) is 6.04 Å².